The summed E-state index contributed by atoms with van der Waals surface area (Å²) < 4.78 is 0. The number of Topliss-reactive ketones (excluding diaryl/α,β-unsaturated/α-hetero) is 1. The van der Waals surface area contributed by atoms with Crippen LogP contribution in [-0.2, 0) is 5.41 Å². The minimum Gasteiger partial charge on any atom is -0.293 e. The molecule has 2 aliphatic carbocycles. The van der Waals surface area contributed by atoms with E-state index < -0.39 is 0 Å². The van der Waals surface area contributed by atoms with Crippen LogP contribution in [-0.4, -0.2) is 26.7 Å². The summed E-state index contributed by atoms with van der Waals surface area (Å²) in [6.07, 6.45) is 2.33. The van der Waals surface area contributed by atoms with Crippen LogP contribution in [0.5, 0.6) is 0 Å². The molecule has 26 heavy (non-hydrogen) atoms. The Hall–Kier alpha value is -1.75. The van der Waals surface area contributed by atoms with E-state index in [2.05, 4.69) is 31.0 Å². The SMILES string of the molecule is Cc1ccc(C(=O)CSc2nnc3c(n2)[C@]2(C)CC[C@H]3C2(C)C)c(C)c1. The molecule has 4 rings (SSSR count). The van der Waals surface area contributed by atoms with Crippen LogP contribution >= 0.6 is 11.8 Å². The largest absolute Gasteiger partial charge is 0.293 e. The first-order valence-electron chi connectivity index (χ1n) is 9.22. The fourth-order valence-corrected chi connectivity index (χ4v) is 5.43. The highest BCUT2D eigenvalue weighted by atomic mass is 32.2. The van der Waals surface area contributed by atoms with Crippen molar-refractivity contribution in [2.75, 3.05) is 5.75 Å². The molecular weight excluding hydrogens is 342 g/mol. The molecule has 2 atom stereocenters. The van der Waals surface area contributed by atoms with Gasteiger partial charge in [-0.1, -0.05) is 56.3 Å². The lowest BCUT2D eigenvalue weighted by molar-refractivity contribution is 0.102. The van der Waals surface area contributed by atoms with E-state index in [9.17, 15) is 4.79 Å². The van der Waals surface area contributed by atoms with Crippen LogP contribution in [0.3, 0.4) is 0 Å². The number of aromatic nitrogens is 3. The van der Waals surface area contributed by atoms with Gasteiger partial charge in [0.2, 0.25) is 5.16 Å². The highest BCUT2D eigenvalue weighted by Crippen LogP contribution is 2.66. The quantitative estimate of drug-likeness (QED) is 0.582. The van der Waals surface area contributed by atoms with Gasteiger partial charge < -0.3 is 0 Å². The maximum absolute atomic E-state index is 12.6. The number of nitrogens with zero attached hydrogens (tertiary/aromatic N) is 3. The monoisotopic (exact) mass is 367 g/mol. The maximum Gasteiger partial charge on any atom is 0.209 e. The summed E-state index contributed by atoms with van der Waals surface area (Å²) in [7, 11) is 0. The molecule has 0 N–H and O–H groups in total. The molecule has 2 bridgehead atoms. The van der Waals surface area contributed by atoms with Crippen LogP contribution in [0.4, 0.5) is 0 Å². The zero-order chi connectivity index (χ0) is 18.7. The van der Waals surface area contributed by atoms with Crippen molar-refractivity contribution in [2.24, 2.45) is 5.41 Å². The summed E-state index contributed by atoms with van der Waals surface area (Å²) in [5.41, 5.74) is 5.40. The Morgan fingerprint density at radius 3 is 2.73 bits per heavy atom. The highest BCUT2D eigenvalue weighted by Gasteiger charge is 2.61. The second kappa shape index (κ2) is 5.88. The van der Waals surface area contributed by atoms with E-state index in [1.54, 1.807) is 0 Å². The highest BCUT2D eigenvalue weighted by molar-refractivity contribution is 7.99. The van der Waals surface area contributed by atoms with Gasteiger partial charge in [-0.2, -0.15) is 5.10 Å². The van der Waals surface area contributed by atoms with Crippen molar-refractivity contribution in [3.8, 4) is 0 Å². The van der Waals surface area contributed by atoms with Crippen molar-refractivity contribution in [1.82, 2.24) is 15.2 Å². The van der Waals surface area contributed by atoms with E-state index >= 15 is 0 Å². The summed E-state index contributed by atoms with van der Waals surface area (Å²) in [4.78, 5) is 17.4. The lowest BCUT2D eigenvalue weighted by Gasteiger charge is -2.33. The fraction of sp³-hybridized carbons (Fsp3) is 0.524. The Morgan fingerprint density at radius 2 is 2.00 bits per heavy atom. The lowest BCUT2D eigenvalue weighted by atomic mass is 9.70. The number of carbonyl (C=O) groups excluding carboxylic acids is 1. The third kappa shape index (κ3) is 2.43. The van der Waals surface area contributed by atoms with Gasteiger partial charge >= 0.3 is 0 Å². The van der Waals surface area contributed by atoms with Crippen LogP contribution in [0.15, 0.2) is 23.4 Å². The molecule has 1 heterocycles. The average molecular weight is 368 g/mol. The predicted molar refractivity (Wildman–Crippen MR) is 104 cm³/mol. The van der Waals surface area contributed by atoms with Crippen LogP contribution in [0.1, 0.15) is 72.4 Å². The van der Waals surface area contributed by atoms with Gasteiger partial charge in [0.15, 0.2) is 5.78 Å². The van der Waals surface area contributed by atoms with Crippen LogP contribution in [0.2, 0.25) is 0 Å². The molecule has 2 aliphatic rings. The molecule has 4 nitrogen and oxygen atoms in total. The summed E-state index contributed by atoms with van der Waals surface area (Å²) in [6, 6.07) is 5.95. The molecule has 0 aliphatic heterocycles. The molecule has 0 unspecified atom stereocenters. The zero-order valence-corrected chi connectivity index (χ0v) is 16.9. The minimum atomic E-state index is 0.0653. The first-order valence-corrected chi connectivity index (χ1v) is 10.2. The normalized spacial score (nSPS) is 25.3. The number of benzene rings is 1. The molecule has 1 fully saturated rings. The van der Waals surface area contributed by atoms with E-state index in [4.69, 9.17) is 4.98 Å². The summed E-state index contributed by atoms with van der Waals surface area (Å²) in [5.74, 6) is 0.913. The Balaban J connectivity index is 1.54. The third-order valence-electron chi connectivity index (χ3n) is 6.79. The summed E-state index contributed by atoms with van der Waals surface area (Å²) in [6.45, 7) is 11.0. The van der Waals surface area contributed by atoms with Crippen molar-refractivity contribution in [3.05, 3.63) is 46.3 Å². The predicted octanol–water partition coefficient (Wildman–Crippen LogP) is 4.64. The molecule has 0 spiro atoms. The second-order valence-electron chi connectivity index (χ2n) is 8.50. The first-order chi connectivity index (χ1) is 12.2. The smallest absolute Gasteiger partial charge is 0.209 e. The molecule has 1 aromatic heterocycles. The topological polar surface area (TPSA) is 55.7 Å². The Kier molecular flexibility index (Phi) is 3.99. The molecular formula is C21H25N3OS. The molecule has 136 valence electrons. The second-order valence-corrected chi connectivity index (χ2v) is 9.45. The maximum atomic E-state index is 12.6. The Morgan fingerprint density at radius 1 is 1.23 bits per heavy atom. The number of thioether (sulfide) groups is 1. The van der Waals surface area contributed by atoms with Crippen LogP contribution in [0, 0.1) is 19.3 Å². The molecule has 1 aromatic carbocycles. The van der Waals surface area contributed by atoms with Gasteiger partial charge in [-0.15, -0.1) is 5.10 Å². The van der Waals surface area contributed by atoms with Crippen LogP contribution < -0.4 is 0 Å². The van der Waals surface area contributed by atoms with Gasteiger partial charge in [-0.25, -0.2) is 4.98 Å². The van der Waals surface area contributed by atoms with Gasteiger partial charge in [-0.05, 0) is 37.7 Å². The molecule has 0 saturated heterocycles. The van der Waals surface area contributed by atoms with Gasteiger partial charge in [0, 0.05) is 16.9 Å². The van der Waals surface area contributed by atoms with E-state index in [0.717, 1.165) is 28.9 Å². The van der Waals surface area contributed by atoms with Gasteiger partial charge in [0.05, 0.1) is 17.1 Å². The van der Waals surface area contributed by atoms with Gasteiger partial charge in [0.25, 0.3) is 0 Å². The molecule has 0 radical (unpaired) electrons. The molecule has 5 heteroatoms. The van der Waals surface area contributed by atoms with Crippen molar-refractivity contribution >= 4 is 17.5 Å². The van der Waals surface area contributed by atoms with Crippen molar-refractivity contribution in [1.29, 1.82) is 0 Å². The number of carbonyl (C=O) groups is 1. The fourth-order valence-electron chi connectivity index (χ4n) is 4.76. The van der Waals surface area contributed by atoms with E-state index in [0.29, 0.717) is 16.8 Å². The van der Waals surface area contributed by atoms with Crippen molar-refractivity contribution in [3.63, 3.8) is 0 Å². The van der Waals surface area contributed by atoms with E-state index in [-0.39, 0.29) is 16.6 Å². The third-order valence-corrected chi connectivity index (χ3v) is 7.62. The molecule has 0 amide bonds. The zero-order valence-electron chi connectivity index (χ0n) is 16.1. The standard InChI is InChI=1S/C21H25N3OS/c1-12-6-7-14(13(2)10-12)16(25)11-26-19-22-18-17(23-24-19)15-8-9-21(18,5)20(15,3)4/h6-7,10,15H,8-9,11H2,1-5H3/t15-,21+/m1/s1. The van der Waals surface area contributed by atoms with Gasteiger partial charge in [-0.3, -0.25) is 4.79 Å². The van der Waals surface area contributed by atoms with Gasteiger partial charge in [0.1, 0.15) is 0 Å². The van der Waals surface area contributed by atoms with E-state index in [1.165, 1.54) is 23.7 Å². The number of hydrogen-bond acceptors (Lipinski definition) is 5. The van der Waals surface area contributed by atoms with Crippen molar-refractivity contribution < 1.29 is 4.79 Å². The number of ketones is 1. The Labute approximate surface area is 159 Å². The summed E-state index contributed by atoms with van der Waals surface area (Å²) >= 11 is 1.39. The number of aryl methyl sites for hydroxylation is 2. The number of fused-ring (bicyclic) bond motifs is 5. The number of rotatable bonds is 4. The lowest BCUT2D eigenvalue weighted by Crippen LogP contribution is -2.32. The molecule has 2 aromatic rings. The average Bonchev–Trinajstić information content (AvgIpc) is 2.92. The van der Waals surface area contributed by atoms with Crippen LogP contribution in [0.25, 0.3) is 0 Å². The molecule has 1 saturated carbocycles. The first kappa shape index (κ1) is 17.7. The van der Waals surface area contributed by atoms with E-state index in [1.807, 2.05) is 32.0 Å². The van der Waals surface area contributed by atoms with Crippen molar-refractivity contribution in [2.45, 2.75) is 63.9 Å². The summed E-state index contributed by atoms with van der Waals surface area (Å²) in [5, 5.41) is 9.45. The number of hydrogen-bond donors (Lipinski definition) is 0. The minimum absolute atomic E-state index is 0.0653. The Bertz CT molecular complexity index is 908.